The van der Waals surface area contributed by atoms with E-state index in [2.05, 4.69) is 5.32 Å². The lowest BCUT2D eigenvalue weighted by Crippen LogP contribution is -2.63. The molecule has 2 heterocycles. The number of aliphatic imine (C=N–C) groups is 1. The van der Waals surface area contributed by atoms with Gasteiger partial charge in [0, 0.05) is 23.5 Å². The molecule has 0 saturated carbocycles. The highest BCUT2D eigenvalue weighted by Gasteiger charge is 2.48. The van der Waals surface area contributed by atoms with Crippen LogP contribution >= 0.6 is 23.4 Å². The molecule has 1 saturated heterocycles. The van der Waals surface area contributed by atoms with Crippen molar-refractivity contribution in [1.29, 1.82) is 0 Å². The Balaban J connectivity index is 1.70. The molecule has 0 bridgehead atoms. The molecule has 2 aromatic rings. The van der Waals surface area contributed by atoms with Crippen molar-refractivity contribution in [2.75, 3.05) is 7.05 Å². The zero-order valence-electron chi connectivity index (χ0n) is 14.5. The molecule has 27 heavy (non-hydrogen) atoms. The fraction of sp³-hybridized carbons (Fsp3) is 0.211. The summed E-state index contributed by atoms with van der Waals surface area (Å²) in [6.45, 7) is 0.426. The van der Waals surface area contributed by atoms with Gasteiger partial charge in [-0.2, -0.15) is 0 Å². The number of fused-ring (bicyclic) bond motifs is 1. The van der Waals surface area contributed by atoms with E-state index in [4.69, 9.17) is 16.6 Å². The first-order valence-corrected chi connectivity index (χ1v) is 9.62. The highest BCUT2D eigenvalue weighted by molar-refractivity contribution is 8.13. The molecular formula is C19H17ClN4O2S. The number of hydrogen-bond donors (Lipinski definition) is 1. The molecule has 4 rings (SSSR count). The Morgan fingerprint density at radius 2 is 1.81 bits per heavy atom. The van der Waals surface area contributed by atoms with E-state index in [9.17, 15) is 9.59 Å². The minimum atomic E-state index is -0.588. The fourth-order valence-electron chi connectivity index (χ4n) is 3.16. The Morgan fingerprint density at radius 3 is 2.56 bits per heavy atom. The Bertz CT molecular complexity index is 921. The number of hydrogen-bond acceptors (Lipinski definition) is 5. The summed E-state index contributed by atoms with van der Waals surface area (Å²) in [6.07, 6.45) is -0.556. The standard InChI is InChI=1S/C19H17ClN4O2S/c1-23-16-15(17(25)22-18(23)26)24(11-12-7-5-6-10-14(12)20)19(21-16)27-13-8-3-2-4-9-13/h2-10,15-16H,11H2,1H3,(H,22,25,26). The molecule has 0 aromatic heterocycles. The van der Waals surface area contributed by atoms with Crippen molar-refractivity contribution in [3.05, 3.63) is 65.2 Å². The molecule has 1 N–H and O–H groups in total. The molecule has 2 aliphatic rings. The summed E-state index contributed by atoms with van der Waals surface area (Å²) in [7, 11) is 1.65. The van der Waals surface area contributed by atoms with Gasteiger partial charge < -0.3 is 9.80 Å². The van der Waals surface area contributed by atoms with Crippen molar-refractivity contribution in [2.45, 2.75) is 23.6 Å². The summed E-state index contributed by atoms with van der Waals surface area (Å²) in [5.41, 5.74) is 0.897. The van der Waals surface area contributed by atoms with Gasteiger partial charge in [-0.15, -0.1) is 0 Å². The number of nitrogens with one attached hydrogen (secondary N) is 1. The quantitative estimate of drug-likeness (QED) is 0.859. The predicted molar refractivity (Wildman–Crippen MR) is 106 cm³/mol. The van der Waals surface area contributed by atoms with Crippen LogP contribution in [0, 0.1) is 0 Å². The second-order valence-corrected chi connectivity index (χ2v) is 7.76. The predicted octanol–water partition coefficient (Wildman–Crippen LogP) is 3.18. The summed E-state index contributed by atoms with van der Waals surface area (Å²) in [4.78, 5) is 33.7. The van der Waals surface area contributed by atoms with Crippen LogP contribution in [0.2, 0.25) is 5.02 Å². The summed E-state index contributed by atoms with van der Waals surface area (Å²) >= 11 is 7.81. The Labute approximate surface area is 166 Å². The summed E-state index contributed by atoms with van der Waals surface area (Å²) in [5, 5.41) is 3.72. The Hall–Kier alpha value is -2.51. The van der Waals surface area contributed by atoms with Crippen LogP contribution in [-0.4, -0.2) is 46.2 Å². The second-order valence-electron chi connectivity index (χ2n) is 6.31. The topological polar surface area (TPSA) is 65.0 Å². The van der Waals surface area contributed by atoms with Gasteiger partial charge in [0.1, 0.15) is 0 Å². The first-order valence-electron chi connectivity index (χ1n) is 8.43. The zero-order chi connectivity index (χ0) is 19.0. The van der Waals surface area contributed by atoms with Crippen molar-refractivity contribution in [3.63, 3.8) is 0 Å². The molecule has 6 nitrogen and oxygen atoms in total. The molecule has 138 valence electrons. The van der Waals surface area contributed by atoms with E-state index in [0.29, 0.717) is 16.7 Å². The minimum Gasteiger partial charge on any atom is -0.331 e. The molecule has 2 aromatic carbocycles. The molecule has 2 aliphatic heterocycles. The van der Waals surface area contributed by atoms with Crippen LogP contribution < -0.4 is 5.32 Å². The lowest BCUT2D eigenvalue weighted by Gasteiger charge is -2.36. The van der Waals surface area contributed by atoms with Crippen molar-refractivity contribution < 1.29 is 9.59 Å². The average molecular weight is 401 g/mol. The summed E-state index contributed by atoms with van der Waals surface area (Å²) in [6, 6.07) is 16.3. The van der Waals surface area contributed by atoms with Crippen LogP contribution in [0.5, 0.6) is 0 Å². The second kappa shape index (κ2) is 7.25. The third-order valence-corrected chi connectivity index (χ3v) is 5.97. The minimum absolute atomic E-state index is 0.345. The monoisotopic (exact) mass is 400 g/mol. The van der Waals surface area contributed by atoms with E-state index in [0.717, 1.165) is 10.5 Å². The molecule has 2 unspecified atom stereocenters. The maximum absolute atomic E-state index is 12.6. The number of amides is 3. The maximum atomic E-state index is 12.6. The number of benzene rings is 2. The van der Waals surface area contributed by atoms with E-state index in [1.54, 1.807) is 7.05 Å². The fourth-order valence-corrected chi connectivity index (χ4v) is 4.31. The van der Waals surface area contributed by atoms with E-state index >= 15 is 0 Å². The lowest BCUT2D eigenvalue weighted by atomic mass is 10.1. The number of halogens is 1. The third-order valence-electron chi connectivity index (χ3n) is 4.57. The van der Waals surface area contributed by atoms with Gasteiger partial charge in [-0.25, -0.2) is 9.79 Å². The highest BCUT2D eigenvalue weighted by atomic mass is 35.5. The number of likely N-dealkylation sites (N-methyl/N-ethyl adjacent to an activating group) is 1. The van der Waals surface area contributed by atoms with E-state index < -0.39 is 18.2 Å². The van der Waals surface area contributed by atoms with Crippen molar-refractivity contribution in [1.82, 2.24) is 15.1 Å². The van der Waals surface area contributed by atoms with Gasteiger partial charge in [-0.1, -0.05) is 59.8 Å². The molecule has 8 heteroatoms. The average Bonchev–Trinajstić information content (AvgIpc) is 3.01. The number of carbonyl (C=O) groups is 2. The number of amidine groups is 1. The first-order chi connectivity index (χ1) is 13.0. The van der Waals surface area contributed by atoms with Crippen LogP contribution in [0.1, 0.15) is 5.56 Å². The van der Waals surface area contributed by atoms with Crippen LogP contribution in [0.3, 0.4) is 0 Å². The molecule has 1 fully saturated rings. The van der Waals surface area contributed by atoms with E-state index in [1.165, 1.54) is 16.7 Å². The van der Waals surface area contributed by atoms with E-state index in [-0.39, 0.29) is 5.91 Å². The van der Waals surface area contributed by atoms with E-state index in [1.807, 2.05) is 59.5 Å². The van der Waals surface area contributed by atoms with Gasteiger partial charge in [0.15, 0.2) is 17.4 Å². The van der Waals surface area contributed by atoms with Crippen LogP contribution in [0.15, 0.2) is 64.5 Å². The number of urea groups is 1. The Kier molecular flexibility index (Phi) is 4.80. The number of carbonyl (C=O) groups excluding carboxylic acids is 2. The number of nitrogens with zero attached hydrogens (tertiary/aromatic N) is 3. The van der Waals surface area contributed by atoms with Crippen LogP contribution in [-0.2, 0) is 11.3 Å². The summed E-state index contributed by atoms with van der Waals surface area (Å²) < 4.78 is 0. The van der Waals surface area contributed by atoms with Crippen molar-refractivity contribution in [2.24, 2.45) is 4.99 Å². The van der Waals surface area contributed by atoms with Gasteiger partial charge in [0.2, 0.25) is 0 Å². The molecule has 0 aliphatic carbocycles. The van der Waals surface area contributed by atoms with Crippen molar-refractivity contribution in [3.8, 4) is 0 Å². The normalized spacial score (nSPS) is 21.8. The SMILES string of the molecule is CN1C(=O)NC(=O)C2C1N=C(Sc1ccccc1)N2Cc1ccccc1Cl. The van der Waals surface area contributed by atoms with Gasteiger partial charge in [0.05, 0.1) is 0 Å². The zero-order valence-corrected chi connectivity index (χ0v) is 16.1. The smallest absolute Gasteiger partial charge is 0.325 e. The Morgan fingerprint density at radius 1 is 1.11 bits per heavy atom. The lowest BCUT2D eigenvalue weighted by molar-refractivity contribution is -0.127. The molecule has 3 amide bonds. The maximum Gasteiger partial charge on any atom is 0.325 e. The summed E-state index contributed by atoms with van der Waals surface area (Å²) in [5.74, 6) is -0.345. The molecule has 0 radical (unpaired) electrons. The van der Waals surface area contributed by atoms with Crippen molar-refractivity contribution >= 4 is 40.5 Å². The number of rotatable bonds is 3. The highest BCUT2D eigenvalue weighted by Crippen LogP contribution is 2.33. The third kappa shape index (κ3) is 3.40. The van der Waals surface area contributed by atoms with Gasteiger partial charge in [-0.3, -0.25) is 10.1 Å². The molecular weight excluding hydrogens is 384 g/mol. The van der Waals surface area contributed by atoms with Crippen LogP contribution in [0.25, 0.3) is 0 Å². The van der Waals surface area contributed by atoms with Gasteiger partial charge in [0.25, 0.3) is 5.91 Å². The van der Waals surface area contributed by atoms with Gasteiger partial charge >= 0.3 is 6.03 Å². The van der Waals surface area contributed by atoms with Crippen LogP contribution in [0.4, 0.5) is 4.79 Å². The molecule has 0 spiro atoms. The molecule has 2 atom stereocenters. The number of thioether (sulfide) groups is 1. The number of imide groups is 1. The first kappa shape index (κ1) is 17.9. The largest absolute Gasteiger partial charge is 0.331 e. The van der Waals surface area contributed by atoms with Gasteiger partial charge in [-0.05, 0) is 23.8 Å².